The first-order valence-electron chi connectivity index (χ1n) is 13.1. The Hall–Kier alpha value is -3.29. The SMILES string of the molecule is CCC(=C(c1ccc(N(CCN(CC)CC)S(C)(=O)=O)cc1)c1ccccc1OC)c1ccc(OC)cc1. The molecule has 204 valence electrons. The van der Waals surface area contributed by atoms with E-state index < -0.39 is 10.0 Å². The van der Waals surface area contributed by atoms with Crippen LogP contribution in [0.1, 0.15) is 43.9 Å². The van der Waals surface area contributed by atoms with E-state index in [4.69, 9.17) is 9.47 Å². The minimum atomic E-state index is -3.43. The molecule has 0 N–H and O–H groups in total. The van der Waals surface area contributed by atoms with Gasteiger partial charge in [0.15, 0.2) is 0 Å². The van der Waals surface area contributed by atoms with Gasteiger partial charge in [0, 0.05) is 18.7 Å². The Morgan fingerprint density at radius 1 is 0.763 bits per heavy atom. The van der Waals surface area contributed by atoms with E-state index in [1.807, 2.05) is 54.6 Å². The Bertz CT molecular complexity index is 1310. The van der Waals surface area contributed by atoms with Crippen LogP contribution in [-0.2, 0) is 10.0 Å². The van der Waals surface area contributed by atoms with E-state index in [0.717, 1.165) is 58.8 Å². The molecule has 0 fully saturated rings. The van der Waals surface area contributed by atoms with Crippen LogP contribution >= 0.6 is 0 Å². The van der Waals surface area contributed by atoms with E-state index in [2.05, 4.69) is 43.9 Å². The monoisotopic (exact) mass is 536 g/mol. The summed E-state index contributed by atoms with van der Waals surface area (Å²) in [5.74, 6) is 1.58. The zero-order valence-corrected chi connectivity index (χ0v) is 24.2. The third-order valence-electron chi connectivity index (χ3n) is 6.83. The summed E-state index contributed by atoms with van der Waals surface area (Å²) in [5, 5.41) is 0. The lowest BCUT2D eigenvalue weighted by Gasteiger charge is -2.26. The van der Waals surface area contributed by atoms with Crippen molar-refractivity contribution in [3.8, 4) is 11.5 Å². The Morgan fingerprint density at radius 2 is 1.37 bits per heavy atom. The first-order chi connectivity index (χ1) is 18.3. The predicted octanol–water partition coefficient (Wildman–Crippen LogP) is 6.18. The number of nitrogens with zero attached hydrogens (tertiary/aromatic N) is 2. The van der Waals surface area contributed by atoms with Gasteiger partial charge in [-0.15, -0.1) is 0 Å². The van der Waals surface area contributed by atoms with E-state index in [9.17, 15) is 8.42 Å². The molecule has 0 radical (unpaired) electrons. The van der Waals surface area contributed by atoms with Crippen molar-refractivity contribution in [1.29, 1.82) is 0 Å². The van der Waals surface area contributed by atoms with Crippen LogP contribution in [0.15, 0.2) is 72.8 Å². The zero-order chi connectivity index (χ0) is 27.7. The largest absolute Gasteiger partial charge is 0.497 e. The first kappa shape index (κ1) is 29.3. The second-order valence-electron chi connectivity index (χ2n) is 9.04. The standard InChI is InChI=1S/C31H40N2O4S/c1-7-28(24-16-20-27(36-4)21-17-24)31(29-12-10-11-13-30(29)37-5)25-14-18-26(19-15-25)33(38(6,34)35)23-22-32(8-2)9-3/h10-21H,7-9,22-23H2,1-6H3. The molecule has 0 amide bonds. The Labute approximate surface area is 228 Å². The average molecular weight is 537 g/mol. The maximum Gasteiger partial charge on any atom is 0.232 e. The van der Waals surface area contributed by atoms with Gasteiger partial charge in [-0.1, -0.05) is 63.2 Å². The van der Waals surface area contributed by atoms with Gasteiger partial charge in [-0.05, 0) is 72.1 Å². The Balaban J connectivity index is 2.14. The minimum absolute atomic E-state index is 0.404. The summed E-state index contributed by atoms with van der Waals surface area (Å²) in [7, 11) is -0.0929. The molecule has 38 heavy (non-hydrogen) atoms. The van der Waals surface area contributed by atoms with E-state index in [1.165, 1.54) is 10.6 Å². The van der Waals surface area contributed by atoms with Crippen molar-refractivity contribution >= 4 is 26.9 Å². The number of para-hydroxylation sites is 1. The molecule has 3 rings (SSSR count). The van der Waals surface area contributed by atoms with Crippen molar-refractivity contribution < 1.29 is 17.9 Å². The zero-order valence-electron chi connectivity index (χ0n) is 23.4. The van der Waals surface area contributed by atoms with Crippen LogP contribution in [-0.4, -0.2) is 60.0 Å². The summed E-state index contributed by atoms with van der Waals surface area (Å²) in [6.07, 6.45) is 2.06. The molecular formula is C31H40N2O4S. The molecule has 3 aromatic carbocycles. The number of methoxy groups -OCH3 is 2. The summed E-state index contributed by atoms with van der Waals surface area (Å²) >= 11 is 0. The number of rotatable bonds is 13. The molecule has 0 saturated carbocycles. The van der Waals surface area contributed by atoms with Crippen LogP contribution in [0.5, 0.6) is 11.5 Å². The van der Waals surface area contributed by atoms with Crippen molar-refractivity contribution in [2.75, 3.05) is 51.0 Å². The fourth-order valence-corrected chi connectivity index (χ4v) is 5.63. The van der Waals surface area contributed by atoms with Crippen LogP contribution in [0, 0.1) is 0 Å². The summed E-state index contributed by atoms with van der Waals surface area (Å²) in [5.41, 5.74) is 5.93. The predicted molar refractivity (Wildman–Crippen MR) is 159 cm³/mol. The van der Waals surface area contributed by atoms with E-state index in [0.29, 0.717) is 18.8 Å². The number of anilines is 1. The quantitative estimate of drug-likeness (QED) is 0.244. The number of benzene rings is 3. The van der Waals surface area contributed by atoms with Crippen molar-refractivity contribution in [2.45, 2.75) is 27.2 Å². The van der Waals surface area contributed by atoms with Gasteiger partial charge < -0.3 is 14.4 Å². The summed E-state index contributed by atoms with van der Waals surface area (Å²) in [4.78, 5) is 2.22. The highest BCUT2D eigenvalue weighted by Crippen LogP contribution is 2.39. The maximum atomic E-state index is 12.7. The highest BCUT2D eigenvalue weighted by molar-refractivity contribution is 7.92. The molecule has 3 aromatic rings. The smallest absolute Gasteiger partial charge is 0.232 e. The van der Waals surface area contributed by atoms with Gasteiger partial charge in [-0.3, -0.25) is 4.31 Å². The third-order valence-corrected chi connectivity index (χ3v) is 8.02. The average Bonchev–Trinajstić information content (AvgIpc) is 2.94. The molecule has 0 atom stereocenters. The van der Waals surface area contributed by atoms with Crippen LogP contribution in [0.2, 0.25) is 0 Å². The number of likely N-dealkylation sites (N-methyl/N-ethyl adjacent to an activating group) is 1. The fraction of sp³-hybridized carbons (Fsp3) is 0.355. The molecule has 0 spiro atoms. The van der Waals surface area contributed by atoms with E-state index in [-0.39, 0.29) is 0 Å². The topological polar surface area (TPSA) is 59.1 Å². The second kappa shape index (κ2) is 13.5. The van der Waals surface area contributed by atoms with Gasteiger partial charge in [-0.2, -0.15) is 0 Å². The van der Waals surface area contributed by atoms with Crippen LogP contribution in [0.4, 0.5) is 5.69 Å². The molecule has 0 aliphatic heterocycles. The highest BCUT2D eigenvalue weighted by atomic mass is 32.2. The van der Waals surface area contributed by atoms with E-state index in [1.54, 1.807) is 14.2 Å². The lowest BCUT2D eigenvalue weighted by molar-refractivity contribution is 0.313. The fourth-order valence-electron chi connectivity index (χ4n) is 4.71. The van der Waals surface area contributed by atoms with Gasteiger partial charge in [0.1, 0.15) is 11.5 Å². The van der Waals surface area contributed by atoms with Crippen molar-refractivity contribution in [1.82, 2.24) is 4.90 Å². The molecule has 0 bridgehead atoms. The molecule has 0 heterocycles. The molecule has 7 heteroatoms. The molecule has 0 unspecified atom stereocenters. The molecule has 0 aliphatic rings. The first-order valence-corrected chi connectivity index (χ1v) is 14.9. The molecule has 0 aromatic heterocycles. The van der Waals surface area contributed by atoms with Gasteiger partial charge in [0.25, 0.3) is 0 Å². The summed E-state index contributed by atoms with van der Waals surface area (Å²) in [6.45, 7) is 9.15. The normalized spacial score (nSPS) is 12.3. The summed E-state index contributed by atoms with van der Waals surface area (Å²) < 4.78 is 38.0. The maximum absolute atomic E-state index is 12.7. The Morgan fingerprint density at radius 3 is 1.89 bits per heavy atom. The molecule has 0 aliphatic carbocycles. The van der Waals surface area contributed by atoms with Crippen molar-refractivity contribution in [2.24, 2.45) is 0 Å². The highest BCUT2D eigenvalue weighted by Gasteiger charge is 2.20. The Kier molecular flexibility index (Phi) is 10.4. The number of hydrogen-bond donors (Lipinski definition) is 0. The van der Waals surface area contributed by atoms with Gasteiger partial charge >= 0.3 is 0 Å². The van der Waals surface area contributed by atoms with Crippen molar-refractivity contribution in [3.05, 3.63) is 89.5 Å². The number of hydrogen-bond acceptors (Lipinski definition) is 5. The number of sulfonamides is 1. The van der Waals surface area contributed by atoms with Crippen LogP contribution in [0.3, 0.4) is 0 Å². The molecule has 6 nitrogen and oxygen atoms in total. The number of ether oxygens (including phenoxy) is 2. The van der Waals surface area contributed by atoms with Crippen LogP contribution < -0.4 is 13.8 Å². The third kappa shape index (κ3) is 6.97. The van der Waals surface area contributed by atoms with Crippen LogP contribution in [0.25, 0.3) is 11.1 Å². The van der Waals surface area contributed by atoms with Gasteiger partial charge in [0.2, 0.25) is 10.0 Å². The van der Waals surface area contributed by atoms with E-state index >= 15 is 0 Å². The molecule has 0 saturated heterocycles. The lowest BCUT2D eigenvalue weighted by atomic mass is 9.87. The van der Waals surface area contributed by atoms with Gasteiger partial charge in [-0.25, -0.2) is 8.42 Å². The second-order valence-corrected chi connectivity index (χ2v) is 11.0. The lowest BCUT2D eigenvalue weighted by Crippen LogP contribution is -2.38. The molecular weight excluding hydrogens is 496 g/mol. The van der Waals surface area contributed by atoms with Gasteiger partial charge in [0.05, 0.1) is 26.2 Å². The summed E-state index contributed by atoms with van der Waals surface area (Å²) in [6, 6.07) is 23.9. The number of allylic oxidation sites excluding steroid dienone is 1. The van der Waals surface area contributed by atoms with Crippen molar-refractivity contribution in [3.63, 3.8) is 0 Å². The minimum Gasteiger partial charge on any atom is -0.497 e.